The van der Waals surface area contributed by atoms with Crippen molar-refractivity contribution in [3.05, 3.63) is 59.8 Å². The van der Waals surface area contributed by atoms with Crippen LogP contribution >= 0.6 is 0 Å². The van der Waals surface area contributed by atoms with E-state index >= 15 is 0 Å². The lowest BCUT2D eigenvalue weighted by Gasteiger charge is -2.33. The number of nitrogens with zero attached hydrogens (tertiary/aromatic N) is 5. The number of benzene rings is 1. The fourth-order valence-corrected chi connectivity index (χ4v) is 2.75. The summed E-state index contributed by atoms with van der Waals surface area (Å²) in [6.07, 6.45) is 1.57. The molecule has 0 N–H and O–H groups in total. The second-order valence-corrected chi connectivity index (χ2v) is 5.42. The molecule has 1 amide bonds. The summed E-state index contributed by atoms with van der Waals surface area (Å²) in [6.45, 7) is 1.64. The molecule has 7 nitrogen and oxygen atoms in total. The van der Waals surface area contributed by atoms with Gasteiger partial charge in [-0.3, -0.25) is 4.79 Å². The van der Waals surface area contributed by atoms with Crippen LogP contribution in [0.1, 0.15) is 22.0 Å². The Kier molecular flexibility index (Phi) is 3.47. The molecular formula is C16H15N5O2. The van der Waals surface area contributed by atoms with Crippen molar-refractivity contribution in [1.29, 1.82) is 0 Å². The van der Waals surface area contributed by atoms with E-state index in [0.29, 0.717) is 30.9 Å². The number of ether oxygens (including phenoxy) is 1. The van der Waals surface area contributed by atoms with E-state index in [4.69, 9.17) is 4.74 Å². The van der Waals surface area contributed by atoms with E-state index in [-0.39, 0.29) is 12.0 Å². The van der Waals surface area contributed by atoms with Gasteiger partial charge in [-0.1, -0.05) is 30.3 Å². The predicted octanol–water partition coefficient (Wildman–Crippen LogP) is 1.34. The van der Waals surface area contributed by atoms with Crippen molar-refractivity contribution in [2.75, 3.05) is 19.7 Å². The maximum Gasteiger partial charge on any atom is 0.255 e. The molecular weight excluding hydrogens is 294 g/mol. The number of rotatable bonds is 2. The lowest BCUT2D eigenvalue weighted by atomic mass is 10.1. The number of hydrogen-bond acceptors (Lipinski definition) is 5. The molecule has 0 unspecified atom stereocenters. The zero-order valence-corrected chi connectivity index (χ0v) is 12.4. The van der Waals surface area contributed by atoms with Crippen molar-refractivity contribution in [3.8, 4) is 0 Å². The zero-order valence-electron chi connectivity index (χ0n) is 12.4. The number of hydrogen-bond donors (Lipinski definition) is 0. The summed E-state index contributed by atoms with van der Waals surface area (Å²) in [6, 6.07) is 13.5. The molecule has 1 fully saturated rings. The van der Waals surface area contributed by atoms with Gasteiger partial charge in [0.05, 0.1) is 18.7 Å². The van der Waals surface area contributed by atoms with Crippen LogP contribution in [0.2, 0.25) is 0 Å². The second-order valence-electron chi connectivity index (χ2n) is 5.42. The van der Waals surface area contributed by atoms with Crippen LogP contribution in [-0.2, 0) is 4.74 Å². The smallest absolute Gasteiger partial charge is 0.255 e. The van der Waals surface area contributed by atoms with Gasteiger partial charge in [-0.05, 0) is 28.1 Å². The Labute approximate surface area is 132 Å². The molecule has 0 spiro atoms. The molecule has 0 bridgehead atoms. The minimum atomic E-state index is -0.0920. The van der Waals surface area contributed by atoms with Gasteiger partial charge in [0, 0.05) is 12.7 Å². The van der Waals surface area contributed by atoms with Gasteiger partial charge in [-0.15, -0.1) is 5.10 Å². The van der Waals surface area contributed by atoms with Gasteiger partial charge >= 0.3 is 0 Å². The maximum absolute atomic E-state index is 12.7. The predicted molar refractivity (Wildman–Crippen MR) is 81.8 cm³/mol. The summed E-state index contributed by atoms with van der Waals surface area (Å²) in [5.41, 5.74) is 2.27. The molecule has 1 atom stereocenters. The Bertz CT molecular complexity index is 833. The largest absolute Gasteiger partial charge is 0.370 e. The molecule has 1 aliphatic rings. The summed E-state index contributed by atoms with van der Waals surface area (Å²) >= 11 is 0. The van der Waals surface area contributed by atoms with E-state index in [1.165, 1.54) is 4.52 Å². The van der Waals surface area contributed by atoms with Crippen LogP contribution in [0, 0.1) is 0 Å². The minimum absolute atomic E-state index is 0.0355. The van der Waals surface area contributed by atoms with Crippen molar-refractivity contribution in [2.24, 2.45) is 0 Å². The first-order valence-electron chi connectivity index (χ1n) is 7.45. The van der Waals surface area contributed by atoms with Crippen LogP contribution in [0.25, 0.3) is 5.65 Å². The highest BCUT2D eigenvalue weighted by Gasteiger charge is 2.26. The first kappa shape index (κ1) is 13.8. The van der Waals surface area contributed by atoms with Crippen molar-refractivity contribution in [2.45, 2.75) is 6.10 Å². The lowest BCUT2D eigenvalue weighted by molar-refractivity contribution is -0.0228. The van der Waals surface area contributed by atoms with E-state index in [1.54, 1.807) is 18.3 Å². The molecule has 3 aromatic rings. The number of pyridine rings is 1. The van der Waals surface area contributed by atoms with E-state index in [1.807, 2.05) is 35.2 Å². The summed E-state index contributed by atoms with van der Waals surface area (Å²) in [7, 11) is 0. The number of fused-ring (bicyclic) bond motifs is 1. The SMILES string of the molecule is O=C(c1ccc2nnnn2c1)N1CCO[C@@H](c2ccccc2)C1. The highest BCUT2D eigenvalue weighted by Crippen LogP contribution is 2.23. The standard InChI is InChI=1S/C16H15N5O2/c22-16(13-6-7-15-17-18-19-21(15)10-13)20-8-9-23-14(11-20)12-4-2-1-3-5-12/h1-7,10,14H,8-9,11H2/t14-/m1/s1. The van der Waals surface area contributed by atoms with Gasteiger partial charge in [0.15, 0.2) is 5.65 Å². The van der Waals surface area contributed by atoms with Gasteiger partial charge in [0.1, 0.15) is 6.10 Å². The number of aromatic nitrogens is 4. The fraction of sp³-hybridized carbons (Fsp3) is 0.250. The van der Waals surface area contributed by atoms with Crippen molar-refractivity contribution >= 4 is 11.6 Å². The third-order valence-electron chi connectivity index (χ3n) is 3.96. The van der Waals surface area contributed by atoms with Crippen LogP contribution in [-0.4, -0.2) is 50.5 Å². The van der Waals surface area contributed by atoms with E-state index < -0.39 is 0 Å². The highest BCUT2D eigenvalue weighted by atomic mass is 16.5. The monoisotopic (exact) mass is 309 g/mol. The summed E-state index contributed by atoms with van der Waals surface area (Å²) in [4.78, 5) is 14.5. The molecule has 0 saturated carbocycles. The van der Waals surface area contributed by atoms with Crippen LogP contribution in [0.3, 0.4) is 0 Å². The van der Waals surface area contributed by atoms with Crippen LogP contribution in [0.15, 0.2) is 48.7 Å². The van der Waals surface area contributed by atoms with E-state index in [9.17, 15) is 4.79 Å². The molecule has 2 aromatic heterocycles. The summed E-state index contributed by atoms with van der Waals surface area (Å²) in [5.74, 6) is -0.0355. The number of amides is 1. The number of carbonyl (C=O) groups excluding carboxylic acids is 1. The quantitative estimate of drug-likeness (QED) is 0.714. The first-order chi connectivity index (χ1) is 11.3. The lowest BCUT2D eigenvalue weighted by Crippen LogP contribution is -2.42. The second kappa shape index (κ2) is 5.77. The normalized spacial score (nSPS) is 18.3. The maximum atomic E-state index is 12.7. The van der Waals surface area contributed by atoms with Gasteiger partial charge in [-0.2, -0.15) is 4.52 Å². The van der Waals surface area contributed by atoms with E-state index in [0.717, 1.165) is 5.56 Å². The van der Waals surface area contributed by atoms with Gasteiger partial charge < -0.3 is 9.64 Å². The molecule has 7 heteroatoms. The highest BCUT2D eigenvalue weighted by molar-refractivity contribution is 5.94. The van der Waals surface area contributed by atoms with Crippen LogP contribution in [0.4, 0.5) is 0 Å². The van der Waals surface area contributed by atoms with Crippen LogP contribution < -0.4 is 0 Å². The van der Waals surface area contributed by atoms with Crippen molar-refractivity contribution in [3.63, 3.8) is 0 Å². The molecule has 23 heavy (non-hydrogen) atoms. The zero-order chi connectivity index (χ0) is 15.6. The molecule has 4 rings (SSSR count). The molecule has 1 aliphatic heterocycles. The Morgan fingerprint density at radius 1 is 1.17 bits per heavy atom. The Morgan fingerprint density at radius 2 is 2.04 bits per heavy atom. The van der Waals surface area contributed by atoms with Gasteiger partial charge in [-0.25, -0.2) is 0 Å². The van der Waals surface area contributed by atoms with E-state index in [2.05, 4.69) is 15.5 Å². The Balaban J connectivity index is 1.55. The number of tetrazole rings is 1. The van der Waals surface area contributed by atoms with Crippen molar-refractivity contribution < 1.29 is 9.53 Å². The van der Waals surface area contributed by atoms with Crippen LogP contribution in [0.5, 0.6) is 0 Å². The number of carbonyl (C=O) groups is 1. The average Bonchev–Trinajstić information content (AvgIpc) is 3.09. The Hall–Kier alpha value is -2.80. The first-order valence-corrected chi connectivity index (χ1v) is 7.45. The topological polar surface area (TPSA) is 72.6 Å². The van der Waals surface area contributed by atoms with Gasteiger partial charge in [0.25, 0.3) is 5.91 Å². The summed E-state index contributed by atoms with van der Waals surface area (Å²) < 4.78 is 7.31. The molecule has 0 aliphatic carbocycles. The van der Waals surface area contributed by atoms with Gasteiger partial charge in [0.2, 0.25) is 0 Å². The molecule has 1 saturated heterocycles. The summed E-state index contributed by atoms with van der Waals surface area (Å²) in [5, 5.41) is 11.3. The molecule has 0 radical (unpaired) electrons. The average molecular weight is 309 g/mol. The molecule has 1 aromatic carbocycles. The molecule has 3 heterocycles. The fourth-order valence-electron chi connectivity index (χ4n) is 2.75. The number of morpholine rings is 1. The van der Waals surface area contributed by atoms with Crippen molar-refractivity contribution in [1.82, 2.24) is 24.9 Å². The minimum Gasteiger partial charge on any atom is -0.370 e. The third-order valence-corrected chi connectivity index (χ3v) is 3.96. The molecule has 116 valence electrons. The third kappa shape index (κ3) is 2.66. The Morgan fingerprint density at radius 3 is 2.91 bits per heavy atom.